The minimum absolute atomic E-state index is 0.0271. The Balaban J connectivity index is 2.47. The number of ether oxygens (including phenoxy) is 1. The van der Waals surface area contributed by atoms with Gasteiger partial charge in [0.25, 0.3) is 5.56 Å². The van der Waals surface area contributed by atoms with Crippen LogP contribution in [-0.2, 0) is 6.54 Å². The molecule has 0 aliphatic carbocycles. The number of nitriles is 1. The van der Waals surface area contributed by atoms with Crippen molar-refractivity contribution in [1.29, 1.82) is 5.26 Å². The number of hydrogen-bond acceptors (Lipinski definition) is 3. The van der Waals surface area contributed by atoms with Crippen LogP contribution in [0.25, 0.3) is 11.3 Å². The molecule has 0 fully saturated rings. The van der Waals surface area contributed by atoms with Gasteiger partial charge in [-0.2, -0.15) is 5.26 Å². The van der Waals surface area contributed by atoms with Gasteiger partial charge in [-0.15, -0.1) is 0 Å². The molecule has 102 valence electrons. The Kier molecular flexibility index (Phi) is 4.44. The van der Waals surface area contributed by atoms with E-state index in [4.69, 9.17) is 21.6 Å². The van der Waals surface area contributed by atoms with Crippen LogP contribution in [0.5, 0.6) is 5.75 Å². The third-order valence-corrected chi connectivity index (χ3v) is 3.20. The van der Waals surface area contributed by atoms with Gasteiger partial charge in [0, 0.05) is 18.2 Å². The molecule has 5 heteroatoms. The van der Waals surface area contributed by atoms with Crippen LogP contribution in [0.3, 0.4) is 0 Å². The number of hydrogen-bond donors (Lipinski definition) is 0. The van der Waals surface area contributed by atoms with Crippen LogP contribution in [0.2, 0.25) is 5.02 Å². The normalized spacial score (nSPS) is 10.1. The van der Waals surface area contributed by atoms with Crippen LogP contribution < -0.4 is 10.3 Å². The highest BCUT2D eigenvalue weighted by atomic mass is 35.5. The summed E-state index contributed by atoms with van der Waals surface area (Å²) in [6.45, 7) is 2.45. The lowest BCUT2D eigenvalue weighted by molar-refractivity contribution is 0.368. The van der Waals surface area contributed by atoms with Crippen LogP contribution >= 0.6 is 11.6 Å². The Morgan fingerprint density at radius 3 is 2.80 bits per heavy atom. The topological polar surface area (TPSA) is 55.0 Å². The third kappa shape index (κ3) is 2.84. The minimum atomic E-state index is -0.0640. The second kappa shape index (κ2) is 6.27. The summed E-state index contributed by atoms with van der Waals surface area (Å²) in [5, 5.41) is 8.96. The number of benzene rings is 1. The fraction of sp³-hybridized carbons (Fsp3) is 0.200. The van der Waals surface area contributed by atoms with Gasteiger partial charge >= 0.3 is 0 Å². The zero-order valence-electron chi connectivity index (χ0n) is 11.0. The summed E-state index contributed by atoms with van der Waals surface area (Å²) in [7, 11) is 0. The number of aromatic nitrogens is 1. The molecule has 0 bridgehead atoms. The summed E-state index contributed by atoms with van der Waals surface area (Å²) < 4.78 is 6.84. The maximum Gasteiger partial charge on any atom is 0.250 e. The third-order valence-electron chi connectivity index (χ3n) is 2.89. The first kappa shape index (κ1) is 14.2. The van der Waals surface area contributed by atoms with Crippen LogP contribution in [0, 0.1) is 11.3 Å². The molecule has 0 N–H and O–H groups in total. The monoisotopic (exact) mass is 288 g/mol. The summed E-state index contributed by atoms with van der Waals surface area (Å²) in [6, 6.07) is 12.1. The van der Waals surface area contributed by atoms with Crippen molar-refractivity contribution in [2.45, 2.75) is 13.5 Å². The lowest BCUT2D eigenvalue weighted by Gasteiger charge is -2.12. The Morgan fingerprint density at radius 2 is 2.15 bits per heavy atom. The van der Waals surface area contributed by atoms with Crippen molar-refractivity contribution >= 4 is 11.6 Å². The van der Waals surface area contributed by atoms with Crippen molar-refractivity contribution in [2.24, 2.45) is 0 Å². The molecule has 1 aromatic heterocycles. The van der Waals surface area contributed by atoms with Gasteiger partial charge in [-0.1, -0.05) is 17.7 Å². The van der Waals surface area contributed by atoms with Gasteiger partial charge in [0.2, 0.25) is 0 Å². The van der Waals surface area contributed by atoms with Gasteiger partial charge in [0.15, 0.2) is 6.61 Å². The van der Waals surface area contributed by atoms with Gasteiger partial charge in [-0.25, -0.2) is 0 Å². The van der Waals surface area contributed by atoms with Gasteiger partial charge in [0.1, 0.15) is 11.8 Å². The fourth-order valence-electron chi connectivity index (χ4n) is 1.99. The Hall–Kier alpha value is -2.25. The van der Waals surface area contributed by atoms with Crippen molar-refractivity contribution in [1.82, 2.24) is 4.57 Å². The van der Waals surface area contributed by atoms with E-state index in [1.165, 1.54) is 6.07 Å². The first-order chi connectivity index (χ1) is 9.67. The van der Waals surface area contributed by atoms with E-state index in [9.17, 15) is 4.79 Å². The molecule has 2 aromatic rings. The first-order valence-electron chi connectivity index (χ1n) is 6.17. The summed E-state index contributed by atoms with van der Waals surface area (Å²) in [4.78, 5) is 11.8. The highest BCUT2D eigenvalue weighted by molar-refractivity contribution is 6.33. The van der Waals surface area contributed by atoms with E-state index >= 15 is 0 Å². The zero-order valence-corrected chi connectivity index (χ0v) is 11.7. The lowest BCUT2D eigenvalue weighted by Crippen LogP contribution is -2.19. The molecule has 0 unspecified atom stereocenters. The molecule has 0 amide bonds. The molecule has 1 heterocycles. The van der Waals surface area contributed by atoms with E-state index < -0.39 is 0 Å². The second-order valence-electron chi connectivity index (χ2n) is 4.08. The molecule has 2 rings (SSSR count). The zero-order chi connectivity index (χ0) is 14.5. The molecular formula is C15H13ClN2O2. The molecule has 0 spiro atoms. The molecule has 20 heavy (non-hydrogen) atoms. The van der Waals surface area contributed by atoms with Crippen LogP contribution in [-0.4, -0.2) is 11.2 Å². The molecule has 0 saturated carbocycles. The van der Waals surface area contributed by atoms with E-state index in [0.717, 1.165) is 11.3 Å². The molecule has 0 radical (unpaired) electrons. The number of nitrogens with zero attached hydrogens (tertiary/aromatic N) is 2. The maximum atomic E-state index is 11.8. The fourth-order valence-corrected chi connectivity index (χ4v) is 2.26. The highest BCUT2D eigenvalue weighted by Gasteiger charge is 2.09. The van der Waals surface area contributed by atoms with Crippen molar-refractivity contribution in [3.63, 3.8) is 0 Å². The Labute approximate surface area is 121 Å². The summed E-state index contributed by atoms with van der Waals surface area (Å²) in [5.41, 5.74) is 1.46. The lowest BCUT2D eigenvalue weighted by atomic mass is 10.1. The van der Waals surface area contributed by atoms with Gasteiger partial charge in [-0.3, -0.25) is 4.79 Å². The van der Waals surface area contributed by atoms with E-state index in [2.05, 4.69) is 0 Å². The van der Waals surface area contributed by atoms with Crippen molar-refractivity contribution in [2.75, 3.05) is 6.61 Å². The molecular weight excluding hydrogens is 276 g/mol. The largest absolute Gasteiger partial charge is 0.479 e. The van der Waals surface area contributed by atoms with Crippen LogP contribution in [0.4, 0.5) is 0 Å². The number of halogens is 1. The van der Waals surface area contributed by atoms with E-state index in [0.29, 0.717) is 17.3 Å². The second-order valence-corrected chi connectivity index (χ2v) is 4.49. The number of pyridine rings is 1. The first-order valence-corrected chi connectivity index (χ1v) is 6.54. The standard InChI is InChI=1S/C15H13ClN2O2/c1-2-18-14(4-3-5-15(18)19)12-7-6-11(10-13(12)16)20-9-8-17/h3-7,10H,2,9H2,1H3. The predicted octanol–water partition coefficient (Wildman–Crippen LogP) is 3.09. The van der Waals surface area contributed by atoms with Gasteiger partial charge in [-0.05, 0) is 31.2 Å². The summed E-state index contributed by atoms with van der Waals surface area (Å²) in [5.74, 6) is 0.529. The van der Waals surface area contributed by atoms with E-state index in [1.807, 2.05) is 19.1 Å². The summed E-state index contributed by atoms with van der Waals surface area (Å²) in [6.07, 6.45) is 0. The molecule has 1 aromatic carbocycles. The molecule has 0 aliphatic rings. The van der Waals surface area contributed by atoms with Crippen LogP contribution in [0.15, 0.2) is 41.2 Å². The predicted molar refractivity (Wildman–Crippen MR) is 77.9 cm³/mol. The van der Waals surface area contributed by atoms with E-state index in [-0.39, 0.29) is 12.2 Å². The maximum absolute atomic E-state index is 11.8. The Bertz CT molecular complexity index is 717. The average molecular weight is 289 g/mol. The SMILES string of the molecule is CCn1c(-c2ccc(OCC#N)cc2Cl)cccc1=O. The number of rotatable bonds is 4. The minimum Gasteiger partial charge on any atom is -0.479 e. The van der Waals surface area contributed by atoms with Gasteiger partial charge < -0.3 is 9.30 Å². The Morgan fingerprint density at radius 1 is 1.35 bits per heavy atom. The van der Waals surface area contributed by atoms with Crippen molar-refractivity contribution < 1.29 is 4.74 Å². The average Bonchev–Trinajstić information content (AvgIpc) is 2.45. The summed E-state index contributed by atoms with van der Waals surface area (Å²) >= 11 is 6.25. The highest BCUT2D eigenvalue weighted by Crippen LogP contribution is 2.30. The molecule has 4 nitrogen and oxygen atoms in total. The molecule has 0 saturated heterocycles. The smallest absolute Gasteiger partial charge is 0.250 e. The quantitative estimate of drug-likeness (QED) is 0.869. The van der Waals surface area contributed by atoms with Crippen molar-refractivity contribution in [3.8, 4) is 23.1 Å². The van der Waals surface area contributed by atoms with Gasteiger partial charge in [0.05, 0.1) is 10.7 Å². The van der Waals surface area contributed by atoms with Crippen molar-refractivity contribution in [3.05, 3.63) is 51.8 Å². The molecule has 0 aliphatic heterocycles. The molecule has 0 atom stereocenters. The van der Waals surface area contributed by atoms with Crippen LogP contribution in [0.1, 0.15) is 6.92 Å². The van der Waals surface area contributed by atoms with E-state index in [1.54, 1.807) is 28.8 Å².